The van der Waals surface area contributed by atoms with E-state index in [0.29, 0.717) is 18.7 Å². The SMILES string of the molecule is Cc1csc([C@H]2CCCN2C(=O)c2cc(-c3nnc([C@](C)(N)Cc4ccccc4)o3)n(C)c(=O)c2)n1. The molecule has 2 atom stereocenters. The summed E-state index contributed by atoms with van der Waals surface area (Å²) in [5.41, 5.74) is 7.91. The first-order valence-corrected chi connectivity index (χ1v) is 12.7. The lowest BCUT2D eigenvalue weighted by Gasteiger charge is -2.23. The van der Waals surface area contributed by atoms with Crippen LogP contribution < -0.4 is 11.3 Å². The molecule has 0 aliphatic carbocycles. The molecule has 36 heavy (non-hydrogen) atoms. The van der Waals surface area contributed by atoms with Crippen LogP contribution in [0.25, 0.3) is 11.6 Å². The average Bonchev–Trinajstić information content (AvgIpc) is 3.61. The van der Waals surface area contributed by atoms with Crippen molar-refractivity contribution in [2.24, 2.45) is 12.8 Å². The highest BCUT2D eigenvalue weighted by atomic mass is 32.1. The van der Waals surface area contributed by atoms with Gasteiger partial charge in [-0.3, -0.25) is 9.59 Å². The number of rotatable bonds is 6. The molecule has 1 aliphatic rings. The maximum Gasteiger partial charge on any atom is 0.264 e. The quantitative estimate of drug-likeness (QED) is 0.426. The van der Waals surface area contributed by atoms with Crippen LogP contribution in [0.3, 0.4) is 0 Å². The van der Waals surface area contributed by atoms with E-state index in [1.54, 1.807) is 29.4 Å². The number of pyridine rings is 1. The maximum absolute atomic E-state index is 13.5. The second-order valence-corrected chi connectivity index (χ2v) is 10.4. The van der Waals surface area contributed by atoms with Crippen LogP contribution in [0.1, 0.15) is 58.3 Å². The van der Waals surface area contributed by atoms with E-state index in [1.165, 1.54) is 10.6 Å². The number of aryl methyl sites for hydroxylation is 1. The molecule has 1 amide bonds. The zero-order valence-corrected chi connectivity index (χ0v) is 21.3. The van der Waals surface area contributed by atoms with E-state index in [4.69, 9.17) is 10.2 Å². The van der Waals surface area contributed by atoms with Gasteiger partial charge >= 0.3 is 0 Å². The first kappa shape index (κ1) is 24.1. The summed E-state index contributed by atoms with van der Waals surface area (Å²) in [6.45, 7) is 4.38. The molecule has 3 aromatic heterocycles. The molecule has 0 spiro atoms. The summed E-state index contributed by atoms with van der Waals surface area (Å²) in [5.74, 6) is 0.179. The summed E-state index contributed by atoms with van der Waals surface area (Å²) >= 11 is 1.56. The van der Waals surface area contributed by atoms with Crippen molar-refractivity contribution in [3.8, 4) is 11.6 Å². The van der Waals surface area contributed by atoms with E-state index in [0.717, 1.165) is 29.1 Å². The van der Waals surface area contributed by atoms with Gasteiger partial charge in [0.15, 0.2) is 0 Å². The van der Waals surface area contributed by atoms with E-state index >= 15 is 0 Å². The monoisotopic (exact) mass is 504 g/mol. The molecule has 4 heterocycles. The van der Waals surface area contributed by atoms with E-state index in [2.05, 4.69) is 15.2 Å². The molecule has 1 saturated heterocycles. The number of hydrogen-bond acceptors (Lipinski definition) is 8. The predicted molar refractivity (Wildman–Crippen MR) is 137 cm³/mol. The third-order valence-corrected chi connectivity index (χ3v) is 7.56. The second kappa shape index (κ2) is 9.44. The maximum atomic E-state index is 13.5. The minimum atomic E-state index is -0.909. The van der Waals surface area contributed by atoms with Crippen molar-refractivity contribution in [3.05, 3.63) is 85.9 Å². The van der Waals surface area contributed by atoms with Gasteiger partial charge in [-0.2, -0.15) is 0 Å². The van der Waals surface area contributed by atoms with E-state index < -0.39 is 5.54 Å². The number of likely N-dealkylation sites (tertiary alicyclic amines) is 1. The number of hydrogen-bond donors (Lipinski definition) is 1. The Hall–Kier alpha value is -3.63. The number of amides is 1. The summed E-state index contributed by atoms with van der Waals surface area (Å²) in [6.07, 6.45) is 2.23. The molecule has 2 N–H and O–H groups in total. The van der Waals surface area contributed by atoms with Gasteiger partial charge in [0.2, 0.25) is 5.89 Å². The Labute approximate surface area is 212 Å². The van der Waals surface area contributed by atoms with Crippen LogP contribution in [0.2, 0.25) is 0 Å². The summed E-state index contributed by atoms with van der Waals surface area (Å²) in [7, 11) is 1.61. The van der Waals surface area contributed by atoms with E-state index in [-0.39, 0.29) is 34.9 Å². The van der Waals surface area contributed by atoms with Crippen molar-refractivity contribution in [3.63, 3.8) is 0 Å². The first-order chi connectivity index (χ1) is 17.2. The lowest BCUT2D eigenvalue weighted by Crippen LogP contribution is -2.35. The fraction of sp³-hybridized carbons (Fsp3) is 0.346. The van der Waals surface area contributed by atoms with E-state index in [9.17, 15) is 9.59 Å². The molecule has 0 bridgehead atoms. The van der Waals surface area contributed by atoms with Crippen LogP contribution in [-0.4, -0.2) is 37.1 Å². The van der Waals surface area contributed by atoms with Gasteiger partial charge in [-0.25, -0.2) is 4.98 Å². The minimum absolute atomic E-state index is 0.0883. The number of nitrogens with two attached hydrogens (primary N) is 1. The summed E-state index contributed by atoms with van der Waals surface area (Å²) in [4.78, 5) is 32.7. The molecule has 0 unspecified atom stereocenters. The Morgan fingerprint density at radius 3 is 2.75 bits per heavy atom. The van der Waals surface area contributed by atoms with E-state index in [1.807, 2.05) is 49.6 Å². The highest BCUT2D eigenvalue weighted by Crippen LogP contribution is 2.35. The molecule has 1 aromatic carbocycles. The molecule has 186 valence electrons. The number of benzene rings is 1. The number of carbonyl (C=O) groups is 1. The standard InChI is InChI=1S/C26H28N6O3S/c1-16-15-36-23(28-16)19-10-7-11-32(19)24(34)18-12-20(31(3)21(33)13-18)22-29-30-25(35-22)26(2,27)14-17-8-5-4-6-9-17/h4-6,8-9,12-13,15,19H,7,10-11,14,27H2,1-3H3/t19-,26-/m1/s1. The molecule has 4 aromatic rings. The Bertz CT molecular complexity index is 1460. The van der Waals surface area contributed by atoms with Crippen LogP contribution in [0.15, 0.2) is 57.1 Å². The van der Waals surface area contributed by atoms with Crippen LogP contribution >= 0.6 is 11.3 Å². The summed E-state index contributed by atoms with van der Waals surface area (Å²) in [5, 5.41) is 11.3. The molecule has 5 rings (SSSR count). The molecule has 9 nitrogen and oxygen atoms in total. The fourth-order valence-corrected chi connectivity index (χ4v) is 5.52. The molecular formula is C26H28N6O3S. The van der Waals surface area contributed by atoms with Crippen LogP contribution in [0.5, 0.6) is 0 Å². The summed E-state index contributed by atoms with van der Waals surface area (Å²) < 4.78 is 7.35. The zero-order valence-electron chi connectivity index (χ0n) is 20.5. The van der Waals surface area contributed by atoms with Crippen LogP contribution in [0.4, 0.5) is 0 Å². The Morgan fingerprint density at radius 1 is 1.25 bits per heavy atom. The molecule has 0 radical (unpaired) electrons. The van der Waals surface area contributed by atoms with Crippen LogP contribution in [0, 0.1) is 6.92 Å². The van der Waals surface area contributed by atoms with Crippen molar-refractivity contribution < 1.29 is 9.21 Å². The van der Waals surface area contributed by atoms with Gasteiger partial charge in [0.25, 0.3) is 17.4 Å². The Morgan fingerprint density at radius 2 is 2.03 bits per heavy atom. The lowest BCUT2D eigenvalue weighted by atomic mass is 9.94. The second-order valence-electron chi connectivity index (χ2n) is 9.50. The van der Waals surface area contributed by atoms with Gasteiger partial charge in [0.1, 0.15) is 10.7 Å². The normalized spacial score (nSPS) is 17.3. The van der Waals surface area contributed by atoms with Gasteiger partial charge in [-0.1, -0.05) is 30.3 Å². The molecule has 0 saturated carbocycles. The van der Waals surface area contributed by atoms with Crippen molar-refractivity contribution >= 4 is 17.2 Å². The molecule has 10 heteroatoms. The van der Waals surface area contributed by atoms with Crippen LogP contribution in [-0.2, 0) is 19.0 Å². The van der Waals surface area contributed by atoms with Gasteiger partial charge < -0.3 is 19.6 Å². The fourth-order valence-electron chi connectivity index (χ4n) is 4.57. The minimum Gasteiger partial charge on any atom is -0.417 e. The number of aromatic nitrogens is 4. The first-order valence-electron chi connectivity index (χ1n) is 11.8. The third kappa shape index (κ3) is 4.61. The predicted octanol–water partition coefficient (Wildman–Crippen LogP) is 3.59. The highest BCUT2D eigenvalue weighted by Gasteiger charge is 2.34. The van der Waals surface area contributed by atoms with Gasteiger partial charge in [0, 0.05) is 36.3 Å². The molecule has 1 fully saturated rings. The largest absolute Gasteiger partial charge is 0.417 e. The lowest BCUT2D eigenvalue weighted by molar-refractivity contribution is 0.0735. The number of carbonyl (C=O) groups excluding carboxylic acids is 1. The van der Waals surface area contributed by atoms with Crippen molar-refractivity contribution in [1.82, 2.24) is 24.6 Å². The van der Waals surface area contributed by atoms with Crippen molar-refractivity contribution in [2.75, 3.05) is 6.54 Å². The smallest absolute Gasteiger partial charge is 0.264 e. The topological polar surface area (TPSA) is 120 Å². The summed E-state index contributed by atoms with van der Waals surface area (Å²) in [6, 6.07) is 12.7. The van der Waals surface area contributed by atoms with Crippen molar-refractivity contribution in [1.29, 1.82) is 0 Å². The Balaban J connectivity index is 1.44. The molecule has 1 aliphatic heterocycles. The average molecular weight is 505 g/mol. The number of thiazole rings is 1. The number of nitrogens with zero attached hydrogens (tertiary/aromatic N) is 5. The zero-order chi connectivity index (χ0) is 25.4. The highest BCUT2D eigenvalue weighted by molar-refractivity contribution is 7.09. The molecular weight excluding hydrogens is 476 g/mol. The van der Waals surface area contributed by atoms with Gasteiger partial charge in [-0.15, -0.1) is 21.5 Å². The van der Waals surface area contributed by atoms with Gasteiger partial charge in [0.05, 0.1) is 11.6 Å². The van der Waals surface area contributed by atoms with Crippen molar-refractivity contribution in [2.45, 2.75) is 44.7 Å². The van der Waals surface area contributed by atoms with Gasteiger partial charge in [-0.05, 0) is 44.7 Å². The third-order valence-electron chi connectivity index (χ3n) is 6.49. The Kier molecular flexibility index (Phi) is 6.31.